The summed E-state index contributed by atoms with van der Waals surface area (Å²) in [6.45, 7) is 22.0. The van der Waals surface area contributed by atoms with Crippen LogP contribution >= 0.6 is 0 Å². The molecule has 2 N–H and O–H groups in total. The predicted octanol–water partition coefficient (Wildman–Crippen LogP) is 3.60. The van der Waals surface area contributed by atoms with Gasteiger partial charge in [-0.1, -0.05) is 49.1 Å². The van der Waals surface area contributed by atoms with Crippen LogP contribution in [-0.4, -0.2) is 60.0 Å². The summed E-state index contributed by atoms with van der Waals surface area (Å²) in [5, 5.41) is 6.34. The lowest BCUT2D eigenvalue weighted by molar-refractivity contribution is 0.0961. The minimum atomic E-state index is -0.263. The first-order chi connectivity index (χ1) is 15.9. The lowest BCUT2D eigenvalue weighted by Crippen LogP contribution is -2.43. The van der Waals surface area contributed by atoms with Crippen molar-refractivity contribution in [3.8, 4) is 0 Å². The number of anilines is 1. The van der Waals surface area contributed by atoms with E-state index in [2.05, 4.69) is 64.0 Å². The summed E-state index contributed by atoms with van der Waals surface area (Å²) in [4.78, 5) is 26.1. The Hall–Kier alpha value is -3.45. The topological polar surface area (TPSA) is 73.4 Å². The molecule has 7 heteroatoms. The van der Waals surface area contributed by atoms with Gasteiger partial charge in [0.1, 0.15) is 5.69 Å². The van der Waals surface area contributed by atoms with Crippen LogP contribution in [0, 0.1) is 0 Å². The fraction of sp³-hybridized carbons (Fsp3) is 0.346. The summed E-state index contributed by atoms with van der Waals surface area (Å²) in [6, 6.07) is 1.64. The minimum Gasteiger partial charge on any atom is -0.367 e. The number of aromatic nitrogens is 2. The molecule has 33 heavy (non-hydrogen) atoms. The molecule has 3 rings (SSSR count). The molecule has 7 nitrogen and oxygen atoms in total. The molecule has 0 aromatic carbocycles. The molecule has 1 fully saturated rings. The van der Waals surface area contributed by atoms with E-state index in [9.17, 15) is 4.79 Å². The van der Waals surface area contributed by atoms with Gasteiger partial charge in [-0.15, -0.1) is 0 Å². The van der Waals surface area contributed by atoms with Gasteiger partial charge in [0.05, 0.1) is 11.4 Å². The SMILES string of the molecule is C=C/C(NC(=O)c1ccnc(N2CC(C)=C(C)C2)n1)=C(\C=C/C)N1CCNCC1.C=CC=C. The second kappa shape index (κ2) is 13.2. The molecule has 2 aliphatic heterocycles. The maximum atomic E-state index is 12.9. The molecule has 0 unspecified atom stereocenters. The molecule has 0 bridgehead atoms. The smallest absolute Gasteiger partial charge is 0.274 e. The third-order valence-electron chi connectivity index (χ3n) is 5.42. The van der Waals surface area contributed by atoms with E-state index in [1.54, 1.807) is 30.5 Å². The molecule has 1 saturated heterocycles. The number of piperazine rings is 1. The van der Waals surface area contributed by atoms with Crippen LogP contribution in [0.4, 0.5) is 5.95 Å². The van der Waals surface area contributed by atoms with Crippen molar-refractivity contribution in [2.45, 2.75) is 20.8 Å². The summed E-state index contributed by atoms with van der Waals surface area (Å²) in [6.07, 6.45) is 10.6. The largest absolute Gasteiger partial charge is 0.367 e. The van der Waals surface area contributed by atoms with Crippen molar-refractivity contribution in [1.82, 2.24) is 25.5 Å². The number of rotatable bonds is 7. The van der Waals surface area contributed by atoms with Crippen molar-refractivity contribution in [3.05, 3.63) is 90.6 Å². The fourth-order valence-corrected chi connectivity index (χ4v) is 3.50. The lowest BCUT2D eigenvalue weighted by Gasteiger charge is -2.31. The van der Waals surface area contributed by atoms with Gasteiger partial charge in [0.15, 0.2) is 0 Å². The second-order valence-corrected chi connectivity index (χ2v) is 7.82. The van der Waals surface area contributed by atoms with Crippen LogP contribution in [0.5, 0.6) is 0 Å². The van der Waals surface area contributed by atoms with Crippen LogP contribution < -0.4 is 15.5 Å². The van der Waals surface area contributed by atoms with Crippen molar-refractivity contribution in [2.24, 2.45) is 0 Å². The molecule has 1 aromatic heterocycles. The highest BCUT2D eigenvalue weighted by molar-refractivity contribution is 5.94. The Labute approximate surface area is 198 Å². The highest BCUT2D eigenvalue weighted by Crippen LogP contribution is 2.21. The average molecular weight is 449 g/mol. The lowest BCUT2D eigenvalue weighted by atomic mass is 10.2. The molecule has 0 atom stereocenters. The monoisotopic (exact) mass is 448 g/mol. The van der Waals surface area contributed by atoms with Crippen LogP contribution in [0.2, 0.25) is 0 Å². The Morgan fingerprint density at radius 1 is 1.12 bits per heavy atom. The second-order valence-electron chi connectivity index (χ2n) is 7.82. The van der Waals surface area contributed by atoms with Crippen molar-refractivity contribution >= 4 is 11.9 Å². The molecular weight excluding hydrogens is 412 g/mol. The van der Waals surface area contributed by atoms with Crippen molar-refractivity contribution < 1.29 is 4.79 Å². The first-order valence-corrected chi connectivity index (χ1v) is 11.2. The summed E-state index contributed by atoms with van der Waals surface area (Å²) < 4.78 is 0. The Bertz CT molecular complexity index is 933. The number of hydrogen-bond acceptors (Lipinski definition) is 6. The Morgan fingerprint density at radius 2 is 1.76 bits per heavy atom. The normalized spacial score (nSPS) is 16.7. The van der Waals surface area contributed by atoms with E-state index in [1.165, 1.54) is 11.1 Å². The van der Waals surface area contributed by atoms with Gasteiger partial charge >= 0.3 is 0 Å². The minimum absolute atomic E-state index is 0.263. The zero-order chi connectivity index (χ0) is 24.2. The Morgan fingerprint density at radius 3 is 2.30 bits per heavy atom. The molecule has 0 spiro atoms. The number of allylic oxidation sites excluding steroid dienone is 5. The highest BCUT2D eigenvalue weighted by Gasteiger charge is 2.21. The molecule has 0 saturated carbocycles. The molecule has 0 aliphatic carbocycles. The van der Waals surface area contributed by atoms with Gasteiger partial charge in [0, 0.05) is 45.5 Å². The molecule has 1 aromatic rings. The predicted molar refractivity (Wildman–Crippen MR) is 137 cm³/mol. The van der Waals surface area contributed by atoms with Gasteiger partial charge in [-0.3, -0.25) is 4.79 Å². The fourth-order valence-electron chi connectivity index (χ4n) is 3.50. The number of carbonyl (C=O) groups excluding carboxylic acids is 1. The number of nitrogens with zero attached hydrogens (tertiary/aromatic N) is 4. The van der Waals surface area contributed by atoms with Crippen LogP contribution in [0.1, 0.15) is 31.3 Å². The van der Waals surface area contributed by atoms with E-state index in [4.69, 9.17) is 0 Å². The van der Waals surface area contributed by atoms with E-state index in [0.717, 1.165) is 45.0 Å². The average Bonchev–Trinajstić information content (AvgIpc) is 3.20. The number of amides is 1. The summed E-state index contributed by atoms with van der Waals surface area (Å²) in [5.74, 6) is 0.315. The number of hydrogen-bond donors (Lipinski definition) is 2. The van der Waals surface area contributed by atoms with Crippen molar-refractivity contribution in [3.63, 3.8) is 0 Å². The van der Waals surface area contributed by atoms with Gasteiger partial charge in [-0.05, 0) is 39.0 Å². The summed E-state index contributed by atoms with van der Waals surface area (Å²) in [5.41, 5.74) is 4.64. The van der Waals surface area contributed by atoms with Crippen LogP contribution in [0.3, 0.4) is 0 Å². The third kappa shape index (κ3) is 7.29. The number of carbonyl (C=O) groups is 1. The molecular formula is C26H36N6O. The molecule has 3 heterocycles. The van der Waals surface area contributed by atoms with Crippen LogP contribution in [-0.2, 0) is 0 Å². The van der Waals surface area contributed by atoms with Crippen LogP contribution in [0.15, 0.2) is 84.9 Å². The maximum Gasteiger partial charge on any atom is 0.274 e. The number of nitrogens with one attached hydrogen (secondary N) is 2. The first-order valence-electron chi connectivity index (χ1n) is 11.2. The van der Waals surface area contributed by atoms with Crippen molar-refractivity contribution in [2.75, 3.05) is 44.2 Å². The van der Waals surface area contributed by atoms with Gasteiger partial charge in [-0.2, -0.15) is 0 Å². The molecule has 0 radical (unpaired) electrons. The molecule has 2 aliphatic rings. The maximum absolute atomic E-state index is 12.9. The Balaban J connectivity index is 0.000000890. The van der Waals surface area contributed by atoms with E-state index in [-0.39, 0.29) is 5.91 Å². The van der Waals surface area contributed by atoms with E-state index in [1.807, 2.05) is 19.1 Å². The van der Waals surface area contributed by atoms with Gasteiger partial charge in [0.25, 0.3) is 5.91 Å². The summed E-state index contributed by atoms with van der Waals surface area (Å²) >= 11 is 0. The standard InChI is InChI=1S/C22H30N6O.C4H6/c1-5-7-20(27-12-10-23-11-13-27)18(6-2)25-21(29)19-8-9-24-22(26-19)28-14-16(3)17(4)15-28;1-3-4-2/h5-9,23H,2,10-15H2,1,3-4H3,(H,25,29);3-4H,1-2H2/b7-5-,20-18-;. The quantitative estimate of drug-likeness (QED) is 0.491. The van der Waals surface area contributed by atoms with Gasteiger partial charge in [0.2, 0.25) is 5.95 Å². The van der Waals surface area contributed by atoms with Gasteiger partial charge in [-0.25, -0.2) is 9.97 Å². The highest BCUT2D eigenvalue weighted by atomic mass is 16.1. The third-order valence-corrected chi connectivity index (χ3v) is 5.42. The summed E-state index contributed by atoms with van der Waals surface area (Å²) in [7, 11) is 0. The molecule has 176 valence electrons. The van der Waals surface area contributed by atoms with Gasteiger partial charge < -0.3 is 20.4 Å². The zero-order valence-corrected chi connectivity index (χ0v) is 20.1. The molecule has 1 amide bonds. The van der Waals surface area contributed by atoms with E-state index >= 15 is 0 Å². The zero-order valence-electron chi connectivity index (χ0n) is 20.1. The van der Waals surface area contributed by atoms with Crippen molar-refractivity contribution in [1.29, 1.82) is 0 Å². The first kappa shape index (κ1) is 25.8. The Kier molecular flexibility index (Phi) is 10.3. The van der Waals surface area contributed by atoms with Crippen LogP contribution in [0.25, 0.3) is 0 Å². The van der Waals surface area contributed by atoms with E-state index < -0.39 is 0 Å². The van der Waals surface area contributed by atoms with E-state index in [0.29, 0.717) is 17.3 Å².